The SMILES string of the molecule is COc1cccc(OC)c1/C=C\[S+]([O-])C[S+]([O-])/C=C/c1c(OC)cccc1OC. The number of ether oxygens (including phenoxy) is 4. The molecule has 0 fully saturated rings. The summed E-state index contributed by atoms with van der Waals surface area (Å²) in [6, 6.07) is 10.7. The highest BCUT2D eigenvalue weighted by atomic mass is 32.3. The van der Waals surface area contributed by atoms with Crippen molar-refractivity contribution in [1.82, 2.24) is 0 Å². The number of rotatable bonds is 10. The van der Waals surface area contributed by atoms with E-state index in [4.69, 9.17) is 18.9 Å². The molecule has 2 aromatic carbocycles. The Morgan fingerprint density at radius 1 is 0.655 bits per heavy atom. The van der Waals surface area contributed by atoms with Crippen molar-refractivity contribution in [2.24, 2.45) is 0 Å². The Balaban J connectivity index is 2.08. The summed E-state index contributed by atoms with van der Waals surface area (Å²) in [5.41, 5.74) is 1.34. The molecule has 0 spiro atoms. The lowest BCUT2D eigenvalue weighted by atomic mass is 10.2. The molecule has 156 valence electrons. The number of benzene rings is 2. The van der Waals surface area contributed by atoms with E-state index in [0.717, 1.165) is 0 Å². The minimum Gasteiger partial charge on any atom is -0.608 e. The van der Waals surface area contributed by atoms with Crippen LogP contribution in [0, 0.1) is 0 Å². The van der Waals surface area contributed by atoms with Gasteiger partial charge in [0.25, 0.3) is 5.08 Å². The molecule has 2 unspecified atom stereocenters. The first-order valence-electron chi connectivity index (χ1n) is 8.56. The number of methoxy groups -OCH3 is 4. The summed E-state index contributed by atoms with van der Waals surface area (Å²) in [5.74, 6) is 2.40. The summed E-state index contributed by atoms with van der Waals surface area (Å²) in [5, 5.41) is 2.92. The molecule has 0 saturated carbocycles. The smallest absolute Gasteiger partial charge is 0.262 e. The molecule has 0 aliphatic heterocycles. The van der Waals surface area contributed by atoms with Crippen LogP contribution in [0.15, 0.2) is 47.2 Å². The molecule has 0 aliphatic carbocycles. The molecule has 0 saturated heterocycles. The van der Waals surface area contributed by atoms with Crippen LogP contribution < -0.4 is 18.9 Å². The predicted molar refractivity (Wildman–Crippen MR) is 118 cm³/mol. The van der Waals surface area contributed by atoms with E-state index >= 15 is 0 Å². The van der Waals surface area contributed by atoms with Crippen molar-refractivity contribution in [3.8, 4) is 23.0 Å². The first-order chi connectivity index (χ1) is 14.0. The molecule has 2 rings (SSSR count). The average Bonchev–Trinajstić information content (AvgIpc) is 2.75. The molecule has 2 atom stereocenters. The van der Waals surface area contributed by atoms with E-state index in [1.165, 1.54) is 10.8 Å². The van der Waals surface area contributed by atoms with E-state index in [-0.39, 0.29) is 5.08 Å². The van der Waals surface area contributed by atoms with Gasteiger partial charge < -0.3 is 28.1 Å². The monoisotopic (exact) mass is 436 g/mol. The van der Waals surface area contributed by atoms with Gasteiger partial charge in [-0.25, -0.2) is 0 Å². The van der Waals surface area contributed by atoms with E-state index in [0.29, 0.717) is 34.1 Å². The Labute approximate surface area is 177 Å². The van der Waals surface area contributed by atoms with Gasteiger partial charge in [-0.1, -0.05) is 12.1 Å². The van der Waals surface area contributed by atoms with Crippen LogP contribution >= 0.6 is 0 Å². The van der Waals surface area contributed by atoms with Crippen molar-refractivity contribution in [1.29, 1.82) is 0 Å². The van der Waals surface area contributed by atoms with Gasteiger partial charge >= 0.3 is 0 Å². The van der Waals surface area contributed by atoms with Gasteiger partial charge in [0.05, 0.1) is 39.6 Å². The van der Waals surface area contributed by atoms with Crippen molar-refractivity contribution < 1.29 is 28.1 Å². The molecular weight excluding hydrogens is 412 g/mol. The summed E-state index contributed by atoms with van der Waals surface area (Å²) in [6.45, 7) is 0. The first kappa shape index (κ1) is 23.0. The summed E-state index contributed by atoms with van der Waals surface area (Å²) >= 11 is -2.90. The topological polar surface area (TPSA) is 83.0 Å². The zero-order valence-electron chi connectivity index (χ0n) is 16.7. The Bertz CT molecular complexity index is 739. The van der Waals surface area contributed by atoms with Crippen molar-refractivity contribution in [3.05, 3.63) is 58.3 Å². The average molecular weight is 437 g/mol. The van der Waals surface area contributed by atoms with Crippen LogP contribution in [0.25, 0.3) is 12.2 Å². The van der Waals surface area contributed by atoms with Crippen LogP contribution in [0.4, 0.5) is 0 Å². The third-order valence-corrected chi connectivity index (χ3v) is 6.67. The van der Waals surface area contributed by atoms with Crippen LogP contribution in [0.2, 0.25) is 0 Å². The maximum absolute atomic E-state index is 12.3. The lowest BCUT2D eigenvalue weighted by Crippen LogP contribution is -2.12. The third kappa shape index (κ3) is 6.37. The summed E-state index contributed by atoms with van der Waals surface area (Å²) < 4.78 is 45.9. The molecule has 0 aromatic heterocycles. The second-order valence-electron chi connectivity index (χ2n) is 5.64. The van der Waals surface area contributed by atoms with E-state index in [1.807, 2.05) is 0 Å². The minimum absolute atomic E-state index is 0.0398. The van der Waals surface area contributed by atoms with Gasteiger partial charge in [0.15, 0.2) is 0 Å². The van der Waals surface area contributed by atoms with Crippen LogP contribution in [0.1, 0.15) is 11.1 Å². The Hall–Kier alpha value is -2.26. The van der Waals surface area contributed by atoms with Gasteiger partial charge in [-0.15, -0.1) is 0 Å². The molecule has 0 amide bonds. The van der Waals surface area contributed by atoms with Gasteiger partial charge in [-0.2, -0.15) is 0 Å². The highest BCUT2D eigenvalue weighted by molar-refractivity contribution is 8.10. The number of hydrogen-bond acceptors (Lipinski definition) is 6. The molecule has 0 bridgehead atoms. The van der Waals surface area contributed by atoms with Crippen molar-refractivity contribution in [3.63, 3.8) is 0 Å². The molecule has 0 radical (unpaired) electrons. The molecule has 0 heterocycles. The van der Waals surface area contributed by atoms with Crippen molar-refractivity contribution in [2.75, 3.05) is 33.5 Å². The van der Waals surface area contributed by atoms with E-state index in [2.05, 4.69) is 0 Å². The Kier molecular flexibility index (Phi) is 9.27. The molecular formula is C21H24O6S2. The lowest BCUT2D eigenvalue weighted by Gasteiger charge is -2.11. The van der Waals surface area contributed by atoms with Gasteiger partial charge in [0.1, 0.15) is 33.8 Å². The fourth-order valence-corrected chi connectivity index (χ4v) is 4.69. The Morgan fingerprint density at radius 2 is 0.966 bits per heavy atom. The standard InChI is InChI=1S/C21H24O6S2/c1-24-18-7-5-8-19(25-2)16(18)11-13-28(22)15-29(23)14-12-17-20(26-3)9-6-10-21(17)27-4/h5-14H,15H2,1-4H3/b13-11-,14-12+. The quantitative estimate of drug-likeness (QED) is 0.527. The first-order valence-corrected chi connectivity index (χ1v) is 11.3. The highest BCUT2D eigenvalue weighted by Crippen LogP contribution is 2.31. The summed E-state index contributed by atoms with van der Waals surface area (Å²) in [6.07, 6.45) is 3.30. The van der Waals surface area contributed by atoms with E-state index < -0.39 is 22.4 Å². The molecule has 0 aliphatic rings. The molecule has 2 aromatic rings. The van der Waals surface area contributed by atoms with Gasteiger partial charge in [0, 0.05) is 34.5 Å². The zero-order valence-corrected chi connectivity index (χ0v) is 18.4. The lowest BCUT2D eigenvalue weighted by molar-refractivity contribution is 0.392. The molecule has 8 heteroatoms. The largest absolute Gasteiger partial charge is 0.608 e. The maximum atomic E-state index is 12.3. The molecule has 0 N–H and O–H groups in total. The maximum Gasteiger partial charge on any atom is 0.262 e. The van der Waals surface area contributed by atoms with Gasteiger partial charge in [-0.05, 0) is 24.3 Å². The Morgan fingerprint density at radius 3 is 1.24 bits per heavy atom. The fourth-order valence-electron chi connectivity index (χ4n) is 2.57. The van der Waals surface area contributed by atoms with E-state index in [9.17, 15) is 9.11 Å². The predicted octanol–water partition coefficient (Wildman–Crippen LogP) is 3.82. The fraction of sp³-hybridized carbons (Fsp3) is 0.238. The minimum atomic E-state index is -1.45. The van der Waals surface area contributed by atoms with E-state index in [1.54, 1.807) is 77.0 Å². The van der Waals surface area contributed by atoms with Gasteiger partial charge in [-0.3, -0.25) is 0 Å². The van der Waals surface area contributed by atoms with Crippen LogP contribution in [-0.2, 0) is 22.4 Å². The van der Waals surface area contributed by atoms with Crippen LogP contribution in [-0.4, -0.2) is 42.6 Å². The van der Waals surface area contributed by atoms with Crippen LogP contribution in [0.3, 0.4) is 0 Å². The molecule has 29 heavy (non-hydrogen) atoms. The van der Waals surface area contributed by atoms with Crippen LogP contribution in [0.5, 0.6) is 23.0 Å². The van der Waals surface area contributed by atoms with Crippen molar-refractivity contribution in [2.45, 2.75) is 0 Å². The second-order valence-corrected chi connectivity index (χ2v) is 8.65. The van der Waals surface area contributed by atoms with Gasteiger partial charge in [0.2, 0.25) is 0 Å². The summed E-state index contributed by atoms with van der Waals surface area (Å²) in [7, 11) is 6.20. The normalized spacial score (nSPS) is 13.4. The summed E-state index contributed by atoms with van der Waals surface area (Å²) in [4.78, 5) is 0. The third-order valence-electron chi connectivity index (χ3n) is 3.94. The van der Waals surface area contributed by atoms with Crippen molar-refractivity contribution >= 4 is 34.5 Å². The highest BCUT2D eigenvalue weighted by Gasteiger charge is 2.15. The number of hydrogen-bond donors (Lipinski definition) is 0. The second kappa shape index (κ2) is 11.7. The molecule has 6 nitrogen and oxygen atoms in total. The zero-order chi connectivity index (χ0) is 21.2.